The molecular weight excluding hydrogens is 298 g/mol. The molecule has 0 spiro atoms. The van der Waals surface area contributed by atoms with Crippen LogP contribution in [-0.4, -0.2) is 21.6 Å². The van der Waals surface area contributed by atoms with E-state index >= 15 is 0 Å². The summed E-state index contributed by atoms with van der Waals surface area (Å²) in [5.74, 6) is -0.891. The molecule has 0 bridgehead atoms. The molecule has 0 fully saturated rings. The van der Waals surface area contributed by atoms with Crippen molar-refractivity contribution in [1.29, 1.82) is 0 Å². The Labute approximate surface area is 132 Å². The number of nitro benzene ring substituents is 1. The van der Waals surface area contributed by atoms with Crippen molar-refractivity contribution in [3.05, 3.63) is 69.3 Å². The lowest BCUT2D eigenvalue weighted by molar-refractivity contribution is -0.385. The molecule has 2 aromatic carbocycles. The topological polar surface area (TPSA) is 105 Å². The van der Waals surface area contributed by atoms with Crippen LogP contribution in [0.5, 0.6) is 5.75 Å². The van der Waals surface area contributed by atoms with Crippen LogP contribution in [0, 0.1) is 17.0 Å². The van der Waals surface area contributed by atoms with Crippen LogP contribution in [0.25, 0.3) is 0 Å². The molecule has 0 atom stereocenters. The number of nitrogens with zero attached hydrogens (tertiary/aromatic N) is 2. The Morgan fingerprint density at radius 1 is 1.22 bits per heavy atom. The fourth-order valence-electron chi connectivity index (χ4n) is 1.93. The van der Waals surface area contributed by atoms with Crippen LogP contribution in [0.3, 0.4) is 0 Å². The second-order valence-electron chi connectivity index (χ2n) is 4.93. The van der Waals surface area contributed by atoms with Gasteiger partial charge in [-0.2, -0.15) is 5.10 Å². The van der Waals surface area contributed by atoms with Crippen molar-refractivity contribution in [2.75, 3.05) is 0 Å². The Morgan fingerprint density at radius 2 is 1.87 bits per heavy atom. The summed E-state index contributed by atoms with van der Waals surface area (Å²) in [6, 6.07) is 11.1. The molecule has 0 saturated carbocycles. The summed E-state index contributed by atoms with van der Waals surface area (Å²) < 4.78 is 0. The average molecular weight is 313 g/mol. The number of aryl methyl sites for hydroxylation is 1. The SMILES string of the molecule is C/C(=N\NC(=O)c1ccc(C)cc1)c1cccc([N+](=O)[O-])c1O. The monoisotopic (exact) mass is 313 g/mol. The molecule has 1 amide bonds. The Bertz CT molecular complexity index is 782. The normalized spacial score (nSPS) is 11.1. The van der Waals surface area contributed by atoms with Gasteiger partial charge in [-0.3, -0.25) is 14.9 Å². The van der Waals surface area contributed by atoms with Crippen molar-refractivity contribution in [2.24, 2.45) is 5.10 Å². The van der Waals surface area contributed by atoms with E-state index in [1.165, 1.54) is 25.1 Å². The first-order valence-electron chi connectivity index (χ1n) is 6.78. The third-order valence-corrected chi connectivity index (χ3v) is 3.24. The van der Waals surface area contributed by atoms with Gasteiger partial charge in [0.05, 0.1) is 10.6 Å². The number of nitro groups is 1. The van der Waals surface area contributed by atoms with Gasteiger partial charge in [0.1, 0.15) is 0 Å². The second kappa shape index (κ2) is 6.69. The Kier molecular flexibility index (Phi) is 4.70. The summed E-state index contributed by atoms with van der Waals surface area (Å²) in [4.78, 5) is 22.1. The molecule has 2 rings (SSSR count). The first-order chi connectivity index (χ1) is 10.9. The van der Waals surface area contributed by atoms with Crippen molar-refractivity contribution in [1.82, 2.24) is 5.43 Å². The van der Waals surface area contributed by atoms with Gasteiger partial charge in [0.2, 0.25) is 5.75 Å². The predicted molar refractivity (Wildman–Crippen MR) is 85.6 cm³/mol. The zero-order valence-corrected chi connectivity index (χ0v) is 12.6. The molecule has 2 aromatic rings. The van der Waals surface area contributed by atoms with Gasteiger partial charge >= 0.3 is 5.69 Å². The number of rotatable bonds is 4. The highest BCUT2D eigenvalue weighted by Crippen LogP contribution is 2.29. The van der Waals surface area contributed by atoms with E-state index in [0.717, 1.165) is 5.56 Å². The standard InChI is InChI=1S/C16H15N3O4/c1-10-6-8-12(9-7-10)16(21)18-17-11(2)13-4-3-5-14(15(13)20)19(22)23/h3-9,20H,1-2H3,(H,18,21)/b17-11+. The minimum Gasteiger partial charge on any atom is -0.502 e. The van der Waals surface area contributed by atoms with Gasteiger partial charge in [-0.25, -0.2) is 5.43 Å². The first-order valence-corrected chi connectivity index (χ1v) is 6.78. The fourth-order valence-corrected chi connectivity index (χ4v) is 1.93. The zero-order valence-electron chi connectivity index (χ0n) is 12.6. The number of phenols is 1. The van der Waals surface area contributed by atoms with E-state index in [2.05, 4.69) is 10.5 Å². The first kappa shape index (κ1) is 16.2. The summed E-state index contributed by atoms with van der Waals surface area (Å²) >= 11 is 0. The lowest BCUT2D eigenvalue weighted by atomic mass is 10.1. The third-order valence-electron chi connectivity index (χ3n) is 3.24. The van der Waals surface area contributed by atoms with Crippen molar-refractivity contribution >= 4 is 17.3 Å². The van der Waals surface area contributed by atoms with E-state index < -0.39 is 22.3 Å². The van der Waals surface area contributed by atoms with Gasteiger partial charge in [-0.05, 0) is 32.0 Å². The van der Waals surface area contributed by atoms with E-state index in [1.807, 2.05) is 6.92 Å². The average Bonchev–Trinajstić information content (AvgIpc) is 2.53. The van der Waals surface area contributed by atoms with Crippen LogP contribution in [-0.2, 0) is 0 Å². The highest BCUT2D eigenvalue weighted by molar-refractivity contribution is 6.03. The van der Waals surface area contributed by atoms with Gasteiger partial charge in [0.15, 0.2) is 0 Å². The molecule has 0 saturated heterocycles. The number of hydrogen-bond donors (Lipinski definition) is 2. The number of nitrogens with one attached hydrogen (secondary N) is 1. The molecule has 0 heterocycles. The number of benzene rings is 2. The zero-order chi connectivity index (χ0) is 17.0. The predicted octanol–water partition coefficient (Wildman–Crippen LogP) is 2.76. The number of hydrogen-bond acceptors (Lipinski definition) is 5. The maximum absolute atomic E-state index is 12.0. The Hall–Kier alpha value is -3.22. The van der Waals surface area contributed by atoms with E-state index in [4.69, 9.17) is 0 Å². The molecule has 23 heavy (non-hydrogen) atoms. The molecule has 7 heteroatoms. The quantitative estimate of drug-likeness (QED) is 0.514. The highest BCUT2D eigenvalue weighted by Gasteiger charge is 2.18. The molecule has 118 valence electrons. The fraction of sp³-hybridized carbons (Fsp3) is 0.125. The molecule has 2 N–H and O–H groups in total. The van der Waals surface area contributed by atoms with Crippen LogP contribution in [0.15, 0.2) is 47.6 Å². The lowest BCUT2D eigenvalue weighted by Gasteiger charge is -2.05. The maximum Gasteiger partial charge on any atom is 0.311 e. The number of carbonyl (C=O) groups is 1. The van der Waals surface area contributed by atoms with Gasteiger partial charge in [0, 0.05) is 17.2 Å². The van der Waals surface area contributed by atoms with Crippen molar-refractivity contribution < 1.29 is 14.8 Å². The van der Waals surface area contributed by atoms with E-state index in [-0.39, 0.29) is 11.3 Å². The molecule has 0 unspecified atom stereocenters. The minimum atomic E-state index is -0.684. The smallest absolute Gasteiger partial charge is 0.311 e. The Morgan fingerprint density at radius 3 is 2.48 bits per heavy atom. The van der Waals surface area contributed by atoms with Crippen LogP contribution >= 0.6 is 0 Å². The summed E-state index contributed by atoms with van der Waals surface area (Å²) in [6.45, 7) is 3.45. The van der Waals surface area contributed by atoms with Crippen LogP contribution in [0.1, 0.15) is 28.4 Å². The van der Waals surface area contributed by atoms with E-state index in [1.54, 1.807) is 24.3 Å². The molecule has 0 aliphatic rings. The van der Waals surface area contributed by atoms with E-state index in [0.29, 0.717) is 5.56 Å². The number of carbonyl (C=O) groups excluding carboxylic acids is 1. The van der Waals surface area contributed by atoms with Gasteiger partial charge < -0.3 is 5.11 Å². The van der Waals surface area contributed by atoms with Gasteiger partial charge in [-0.1, -0.05) is 23.8 Å². The van der Waals surface area contributed by atoms with Crippen LogP contribution in [0.4, 0.5) is 5.69 Å². The maximum atomic E-state index is 12.0. The molecule has 0 radical (unpaired) electrons. The lowest BCUT2D eigenvalue weighted by Crippen LogP contribution is -2.19. The van der Waals surface area contributed by atoms with E-state index in [9.17, 15) is 20.0 Å². The summed E-state index contributed by atoms with van der Waals surface area (Å²) in [7, 11) is 0. The Balaban J connectivity index is 2.20. The number of amides is 1. The molecule has 0 aliphatic carbocycles. The second-order valence-corrected chi connectivity index (χ2v) is 4.93. The van der Waals surface area contributed by atoms with Gasteiger partial charge in [0.25, 0.3) is 5.91 Å². The highest BCUT2D eigenvalue weighted by atomic mass is 16.6. The summed E-state index contributed by atoms with van der Waals surface area (Å²) in [5.41, 5.74) is 3.86. The number of phenolic OH excluding ortho intramolecular Hbond substituents is 1. The third kappa shape index (κ3) is 3.70. The van der Waals surface area contributed by atoms with Crippen LogP contribution < -0.4 is 5.43 Å². The van der Waals surface area contributed by atoms with Crippen molar-refractivity contribution in [3.63, 3.8) is 0 Å². The number of para-hydroxylation sites is 1. The molecule has 0 aromatic heterocycles. The number of hydrazone groups is 1. The summed E-state index contributed by atoms with van der Waals surface area (Å²) in [5, 5.41) is 24.6. The van der Waals surface area contributed by atoms with Crippen molar-refractivity contribution in [3.8, 4) is 5.75 Å². The number of aromatic hydroxyl groups is 1. The minimum absolute atomic E-state index is 0.184. The largest absolute Gasteiger partial charge is 0.502 e. The van der Waals surface area contributed by atoms with Gasteiger partial charge in [-0.15, -0.1) is 0 Å². The molecule has 0 aliphatic heterocycles. The van der Waals surface area contributed by atoms with Crippen LogP contribution in [0.2, 0.25) is 0 Å². The summed E-state index contributed by atoms with van der Waals surface area (Å²) in [6.07, 6.45) is 0. The van der Waals surface area contributed by atoms with Crippen molar-refractivity contribution in [2.45, 2.75) is 13.8 Å². The molecular formula is C16H15N3O4. The molecule has 7 nitrogen and oxygen atoms in total.